The number of phenols is 1. The van der Waals surface area contributed by atoms with Crippen LogP contribution in [0.1, 0.15) is 34.0 Å². The van der Waals surface area contributed by atoms with Gasteiger partial charge in [-0.2, -0.15) is 5.11 Å². The number of phenolic OH excluding ortho intramolecular Hbond substituents is 1. The molecule has 2 aromatic rings. The van der Waals surface area contributed by atoms with Crippen molar-refractivity contribution in [3.63, 3.8) is 0 Å². The number of ether oxygens (including phenoxy) is 1. The molecule has 0 aromatic heterocycles. The van der Waals surface area contributed by atoms with Gasteiger partial charge in [-0.05, 0) is 49.1 Å². The maximum absolute atomic E-state index is 12.0. The molecule has 0 bridgehead atoms. The van der Waals surface area contributed by atoms with E-state index in [0.29, 0.717) is 23.2 Å². The number of methoxy groups -OCH3 is 1. The normalized spacial score (nSPS) is 11.0. The van der Waals surface area contributed by atoms with Crippen molar-refractivity contribution >= 4 is 17.3 Å². The van der Waals surface area contributed by atoms with Crippen LogP contribution in [0.4, 0.5) is 11.4 Å². The molecule has 0 saturated carbocycles. The summed E-state index contributed by atoms with van der Waals surface area (Å²) in [5.41, 5.74) is 3.51. The van der Waals surface area contributed by atoms with E-state index in [9.17, 15) is 9.90 Å². The highest BCUT2D eigenvalue weighted by Crippen LogP contribution is 2.39. The quantitative estimate of drug-likeness (QED) is 0.652. The Morgan fingerprint density at radius 1 is 1.13 bits per heavy atom. The molecule has 1 N–H and O–H groups in total. The molecule has 0 radical (unpaired) electrons. The van der Waals surface area contributed by atoms with E-state index in [1.165, 1.54) is 7.11 Å². The first-order chi connectivity index (χ1) is 11.0. The molecule has 0 saturated heterocycles. The summed E-state index contributed by atoms with van der Waals surface area (Å²) in [6.45, 7) is 5.51. The van der Waals surface area contributed by atoms with Crippen LogP contribution in [-0.2, 0) is 11.2 Å². The zero-order chi connectivity index (χ0) is 17.0. The minimum absolute atomic E-state index is 0.0342. The molecule has 2 rings (SSSR count). The van der Waals surface area contributed by atoms with E-state index in [1.807, 2.05) is 44.2 Å². The van der Waals surface area contributed by atoms with E-state index >= 15 is 0 Å². The molecule has 0 atom stereocenters. The van der Waals surface area contributed by atoms with Crippen molar-refractivity contribution < 1.29 is 14.6 Å². The number of nitrogens with zero attached hydrogens (tertiary/aromatic N) is 2. The number of benzene rings is 2. The summed E-state index contributed by atoms with van der Waals surface area (Å²) in [5, 5.41) is 18.9. The Morgan fingerprint density at radius 2 is 1.78 bits per heavy atom. The van der Waals surface area contributed by atoms with Gasteiger partial charge in [-0.3, -0.25) is 0 Å². The van der Waals surface area contributed by atoms with E-state index < -0.39 is 5.97 Å². The average Bonchev–Trinajstić information content (AvgIpc) is 2.55. The standard InChI is InChI=1S/C18H20N2O3/c1-5-14-11(2)16(20-19-13-9-7-6-8-10-13)12(3)15(17(14)21)18(22)23-4/h6-10,21H,5H2,1-4H3. The van der Waals surface area contributed by atoms with Crippen LogP contribution in [0.2, 0.25) is 0 Å². The van der Waals surface area contributed by atoms with Crippen molar-refractivity contribution in [2.75, 3.05) is 7.11 Å². The summed E-state index contributed by atoms with van der Waals surface area (Å²) in [6.07, 6.45) is 0.579. The van der Waals surface area contributed by atoms with Crippen molar-refractivity contribution in [1.82, 2.24) is 0 Å². The number of carbonyl (C=O) groups is 1. The van der Waals surface area contributed by atoms with Gasteiger partial charge in [0.05, 0.1) is 18.5 Å². The van der Waals surface area contributed by atoms with Gasteiger partial charge in [0.15, 0.2) is 0 Å². The monoisotopic (exact) mass is 312 g/mol. The molecule has 0 aliphatic rings. The topological polar surface area (TPSA) is 71.2 Å². The van der Waals surface area contributed by atoms with Gasteiger partial charge >= 0.3 is 5.97 Å². The van der Waals surface area contributed by atoms with Crippen molar-refractivity contribution in [2.24, 2.45) is 10.2 Å². The fourth-order valence-corrected chi connectivity index (χ4v) is 2.59. The zero-order valence-corrected chi connectivity index (χ0v) is 13.8. The van der Waals surface area contributed by atoms with E-state index in [2.05, 4.69) is 10.2 Å². The van der Waals surface area contributed by atoms with Crippen LogP contribution in [-0.4, -0.2) is 18.2 Å². The Balaban J connectivity index is 2.63. The number of hydrogen-bond donors (Lipinski definition) is 1. The van der Waals surface area contributed by atoms with Crippen molar-refractivity contribution in [1.29, 1.82) is 0 Å². The Hall–Kier alpha value is -2.69. The Kier molecular flexibility index (Phi) is 5.11. The molecule has 0 heterocycles. The second kappa shape index (κ2) is 7.05. The lowest BCUT2D eigenvalue weighted by molar-refractivity contribution is 0.0596. The van der Waals surface area contributed by atoms with Crippen molar-refractivity contribution in [3.05, 3.63) is 52.6 Å². The minimum atomic E-state index is -0.578. The summed E-state index contributed by atoms with van der Waals surface area (Å²) in [5.74, 6) is -0.612. The Bertz CT molecular complexity index is 753. The summed E-state index contributed by atoms with van der Waals surface area (Å²) < 4.78 is 4.78. The van der Waals surface area contributed by atoms with E-state index in [1.54, 1.807) is 6.92 Å². The van der Waals surface area contributed by atoms with Crippen LogP contribution in [0.25, 0.3) is 0 Å². The number of esters is 1. The molecular formula is C18H20N2O3. The highest BCUT2D eigenvalue weighted by molar-refractivity contribution is 5.96. The SMILES string of the molecule is CCc1c(C)c(N=Nc2ccccc2)c(C)c(C(=O)OC)c1O. The minimum Gasteiger partial charge on any atom is -0.507 e. The molecule has 2 aromatic carbocycles. The first-order valence-electron chi connectivity index (χ1n) is 7.41. The first kappa shape index (κ1) is 16.7. The fourth-order valence-electron chi connectivity index (χ4n) is 2.59. The molecule has 0 fully saturated rings. The molecule has 0 aliphatic heterocycles. The number of aromatic hydroxyl groups is 1. The lowest BCUT2D eigenvalue weighted by Gasteiger charge is -2.16. The molecule has 23 heavy (non-hydrogen) atoms. The van der Waals surface area contributed by atoms with Crippen LogP contribution in [0.3, 0.4) is 0 Å². The third-order valence-electron chi connectivity index (χ3n) is 3.83. The van der Waals surface area contributed by atoms with E-state index in [-0.39, 0.29) is 11.3 Å². The lowest BCUT2D eigenvalue weighted by atomic mass is 9.94. The molecule has 120 valence electrons. The molecular weight excluding hydrogens is 292 g/mol. The van der Waals surface area contributed by atoms with Gasteiger partial charge in [-0.25, -0.2) is 4.79 Å². The summed E-state index contributed by atoms with van der Waals surface area (Å²) in [6, 6.07) is 9.35. The molecule has 0 amide bonds. The van der Waals surface area contributed by atoms with Crippen LogP contribution in [0.15, 0.2) is 40.6 Å². The van der Waals surface area contributed by atoms with Crippen LogP contribution >= 0.6 is 0 Å². The zero-order valence-electron chi connectivity index (χ0n) is 13.8. The second-order valence-electron chi connectivity index (χ2n) is 5.18. The number of hydrogen-bond acceptors (Lipinski definition) is 5. The number of rotatable bonds is 4. The lowest BCUT2D eigenvalue weighted by Crippen LogP contribution is -2.07. The average molecular weight is 312 g/mol. The fraction of sp³-hybridized carbons (Fsp3) is 0.278. The molecule has 5 nitrogen and oxygen atoms in total. The van der Waals surface area contributed by atoms with Crippen LogP contribution in [0, 0.1) is 13.8 Å². The van der Waals surface area contributed by atoms with Gasteiger partial charge < -0.3 is 9.84 Å². The summed E-state index contributed by atoms with van der Waals surface area (Å²) in [4.78, 5) is 12.0. The van der Waals surface area contributed by atoms with Gasteiger partial charge in [0.2, 0.25) is 0 Å². The van der Waals surface area contributed by atoms with E-state index in [4.69, 9.17) is 4.74 Å². The van der Waals surface area contributed by atoms with Crippen LogP contribution < -0.4 is 0 Å². The number of carbonyl (C=O) groups excluding carboxylic acids is 1. The van der Waals surface area contributed by atoms with Gasteiger partial charge in [-0.15, -0.1) is 5.11 Å². The van der Waals surface area contributed by atoms with Gasteiger partial charge in [-0.1, -0.05) is 25.1 Å². The largest absolute Gasteiger partial charge is 0.507 e. The third-order valence-corrected chi connectivity index (χ3v) is 3.83. The summed E-state index contributed by atoms with van der Waals surface area (Å²) >= 11 is 0. The second-order valence-corrected chi connectivity index (χ2v) is 5.18. The van der Waals surface area contributed by atoms with Crippen molar-refractivity contribution in [3.8, 4) is 5.75 Å². The van der Waals surface area contributed by atoms with E-state index in [0.717, 1.165) is 11.3 Å². The number of azo groups is 1. The summed E-state index contributed by atoms with van der Waals surface area (Å²) in [7, 11) is 1.29. The first-order valence-corrected chi connectivity index (χ1v) is 7.41. The maximum atomic E-state index is 12.0. The molecule has 5 heteroatoms. The highest BCUT2D eigenvalue weighted by atomic mass is 16.5. The van der Waals surface area contributed by atoms with Gasteiger partial charge in [0.25, 0.3) is 0 Å². The molecule has 0 unspecified atom stereocenters. The highest BCUT2D eigenvalue weighted by Gasteiger charge is 2.23. The molecule has 0 aliphatic carbocycles. The maximum Gasteiger partial charge on any atom is 0.342 e. The van der Waals surface area contributed by atoms with Crippen molar-refractivity contribution in [2.45, 2.75) is 27.2 Å². The Morgan fingerprint density at radius 3 is 2.35 bits per heavy atom. The predicted molar refractivity (Wildman–Crippen MR) is 88.9 cm³/mol. The smallest absolute Gasteiger partial charge is 0.342 e. The third kappa shape index (κ3) is 3.23. The predicted octanol–water partition coefficient (Wildman–Crippen LogP) is 4.77. The van der Waals surface area contributed by atoms with Crippen LogP contribution in [0.5, 0.6) is 5.75 Å². The van der Waals surface area contributed by atoms with Gasteiger partial charge in [0.1, 0.15) is 11.3 Å². The van der Waals surface area contributed by atoms with Gasteiger partial charge in [0, 0.05) is 0 Å². The molecule has 0 spiro atoms. The Labute approximate surface area is 135 Å².